The predicted molar refractivity (Wildman–Crippen MR) is 94.3 cm³/mol. The highest BCUT2D eigenvalue weighted by Gasteiger charge is 2.20. The average molecular weight is 358 g/mol. The first-order valence-corrected chi connectivity index (χ1v) is 8.69. The van der Waals surface area contributed by atoms with Crippen molar-refractivity contribution in [3.8, 4) is 11.5 Å². The van der Waals surface area contributed by atoms with Crippen LogP contribution in [-0.4, -0.2) is 27.0 Å². The van der Waals surface area contributed by atoms with Gasteiger partial charge in [0.2, 0.25) is 17.7 Å². The maximum Gasteiger partial charge on any atom is 0.277 e. The second-order valence-electron chi connectivity index (χ2n) is 6.40. The van der Waals surface area contributed by atoms with Crippen LogP contribution in [0.15, 0.2) is 50.6 Å². The van der Waals surface area contributed by atoms with Gasteiger partial charge in [-0.05, 0) is 12.1 Å². The molecule has 2 heterocycles. The Morgan fingerprint density at radius 3 is 2.64 bits per heavy atom. The average Bonchev–Trinajstić information content (AvgIpc) is 3.23. The molecule has 1 N–H and O–H groups in total. The number of carbonyl (C=O) groups excluding carboxylic acids is 1. The van der Waals surface area contributed by atoms with Gasteiger partial charge in [0.1, 0.15) is 0 Å². The van der Waals surface area contributed by atoms with Gasteiger partial charge in [0.15, 0.2) is 0 Å². The molecule has 0 unspecified atom stereocenters. The Labute approximate surface area is 149 Å². The zero-order chi connectivity index (χ0) is 17.9. The van der Waals surface area contributed by atoms with Crippen molar-refractivity contribution in [2.45, 2.75) is 31.4 Å². The van der Waals surface area contributed by atoms with Gasteiger partial charge in [0.25, 0.3) is 5.22 Å². The fourth-order valence-electron chi connectivity index (χ4n) is 1.95. The summed E-state index contributed by atoms with van der Waals surface area (Å²) in [7, 11) is 0. The van der Waals surface area contributed by atoms with Gasteiger partial charge in [-0.15, -0.1) is 10.2 Å². The summed E-state index contributed by atoms with van der Waals surface area (Å²) in [5, 5.41) is 14.9. The monoisotopic (exact) mass is 358 g/mol. The number of anilines is 1. The minimum Gasteiger partial charge on any atom is -0.411 e. The van der Waals surface area contributed by atoms with Gasteiger partial charge in [-0.1, -0.05) is 55.9 Å². The van der Waals surface area contributed by atoms with Gasteiger partial charge in [0.05, 0.1) is 11.4 Å². The summed E-state index contributed by atoms with van der Waals surface area (Å²) in [4.78, 5) is 12.0. The number of nitrogens with zero attached hydrogens (tertiary/aromatic N) is 3. The molecule has 2 aromatic heterocycles. The van der Waals surface area contributed by atoms with Crippen LogP contribution in [0.4, 0.5) is 5.88 Å². The van der Waals surface area contributed by atoms with E-state index < -0.39 is 0 Å². The van der Waals surface area contributed by atoms with Gasteiger partial charge in [-0.2, -0.15) is 0 Å². The van der Waals surface area contributed by atoms with E-state index in [1.54, 1.807) is 6.07 Å². The van der Waals surface area contributed by atoms with Gasteiger partial charge in [0, 0.05) is 17.0 Å². The molecule has 8 heteroatoms. The molecule has 0 saturated heterocycles. The van der Waals surface area contributed by atoms with Crippen molar-refractivity contribution in [1.82, 2.24) is 15.4 Å². The molecule has 0 atom stereocenters. The molecule has 3 aromatic rings. The lowest BCUT2D eigenvalue weighted by molar-refractivity contribution is -0.113. The lowest BCUT2D eigenvalue weighted by atomic mass is 9.92. The fraction of sp³-hybridized carbons (Fsp3) is 0.294. The smallest absolute Gasteiger partial charge is 0.277 e. The van der Waals surface area contributed by atoms with Gasteiger partial charge < -0.3 is 8.94 Å². The van der Waals surface area contributed by atoms with Crippen LogP contribution >= 0.6 is 11.8 Å². The number of hydrogen-bond acceptors (Lipinski definition) is 7. The number of aromatic nitrogens is 3. The standard InChI is InChI=1S/C17H18N4O3S/c1-17(2,3)12-9-14(24-21-12)18-13(22)10-25-16-20-19-15(23-16)11-7-5-4-6-8-11/h4-9H,10H2,1-3H3,(H,18,22). The van der Waals surface area contributed by atoms with E-state index in [0.717, 1.165) is 23.0 Å². The molecule has 130 valence electrons. The lowest BCUT2D eigenvalue weighted by Gasteiger charge is -2.12. The van der Waals surface area contributed by atoms with E-state index >= 15 is 0 Å². The molecule has 0 fully saturated rings. The quantitative estimate of drug-likeness (QED) is 0.694. The molecule has 0 aliphatic carbocycles. The summed E-state index contributed by atoms with van der Waals surface area (Å²) < 4.78 is 10.7. The first-order valence-electron chi connectivity index (χ1n) is 7.70. The molecule has 0 radical (unpaired) electrons. The van der Waals surface area contributed by atoms with E-state index in [1.807, 2.05) is 51.1 Å². The Bertz CT molecular complexity index is 852. The first kappa shape index (κ1) is 17.2. The minimum absolute atomic E-state index is 0.127. The zero-order valence-corrected chi connectivity index (χ0v) is 15.0. The molecule has 3 rings (SSSR count). The summed E-state index contributed by atoms with van der Waals surface area (Å²) >= 11 is 1.16. The van der Waals surface area contributed by atoms with E-state index in [-0.39, 0.29) is 17.1 Å². The second kappa shape index (κ2) is 7.10. The molecular formula is C17H18N4O3S. The highest BCUT2D eigenvalue weighted by atomic mass is 32.2. The normalized spacial score (nSPS) is 11.5. The van der Waals surface area contributed by atoms with Crippen molar-refractivity contribution < 1.29 is 13.7 Å². The highest BCUT2D eigenvalue weighted by molar-refractivity contribution is 7.99. The van der Waals surface area contributed by atoms with Crippen molar-refractivity contribution in [2.75, 3.05) is 11.1 Å². The number of amides is 1. The van der Waals surface area contributed by atoms with Crippen LogP contribution in [0.2, 0.25) is 0 Å². The molecule has 1 aromatic carbocycles. The topological polar surface area (TPSA) is 94.1 Å². The van der Waals surface area contributed by atoms with Crippen LogP contribution in [0, 0.1) is 0 Å². The number of benzene rings is 1. The molecular weight excluding hydrogens is 340 g/mol. The van der Waals surface area contributed by atoms with Crippen molar-refractivity contribution in [3.63, 3.8) is 0 Å². The van der Waals surface area contributed by atoms with E-state index in [0.29, 0.717) is 17.0 Å². The SMILES string of the molecule is CC(C)(C)c1cc(NC(=O)CSc2nnc(-c3ccccc3)o2)on1. The van der Waals surface area contributed by atoms with Crippen LogP contribution in [0.5, 0.6) is 0 Å². The third-order valence-electron chi connectivity index (χ3n) is 3.30. The minimum atomic E-state index is -0.235. The Hall–Kier alpha value is -2.61. The molecule has 0 aliphatic heterocycles. The molecule has 0 saturated carbocycles. The number of nitrogens with one attached hydrogen (secondary N) is 1. The highest BCUT2D eigenvalue weighted by Crippen LogP contribution is 2.25. The van der Waals surface area contributed by atoms with E-state index in [4.69, 9.17) is 8.94 Å². The van der Waals surface area contributed by atoms with E-state index in [9.17, 15) is 4.79 Å². The van der Waals surface area contributed by atoms with Crippen molar-refractivity contribution in [2.24, 2.45) is 0 Å². The third-order valence-corrected chi connectivity index (χ3v) is 4.11. The zero-order valence-electron chi connectivity index (χ0n) is 14.1. The molecule has 25 heavy (non-hydrogen) atoms. The van der Waals surface area contributed by atoms with E-state index in [2.05, 4.69) is 20.7 Å². The van der Waals surface area contributed by atoms with Gasteiger partial charge >= 0.3 is 0 Å². The first-order chi connectivity index (χ1) is 11.9. The molecule has 7 nitrogen and oxygen atoms in total. The number of hydrogen-bond donors (Lipinski definition) is 1. The van der Waals surface area contributed by atoms with Crippen LogP contribution in [-0.2, 0) is 10.2 Å². The number of thioether (sulfide) groups is 1. The van der Waals surface area contributed by atoms with Crippen molar-refractivity contribution in [1.29, 1.82) is 0 Å². The second-order valence-corrected chi connectivity index (χ2v) is 7.33. The molecule has 0 bridgehead atoms. The van der Waals surface area contributed by atoms with Gasteiger partial charge in [-0.25, -0.2) is 0 Å². The summed E-state index contributed by atoms with van der Waals surface area (Å²) in [6.07, 6.45) is 0. The van der Waals surface area contributed by atoms with Crippen LogP contribution < -0.4 is 5.32 Å². The Balaban J connectivity index is 1.54. The van der Waals surface area contributed by atoms with Crippen molar-refractivity contribution in [3.05, 3.63) is 42.1 Å². The molecule has 0 spiro atoms. The van der Waals surface area contributed by atoms with Crippen molar-refractivity contribution >= 4 is 23.6 Å². The summed E-state index contributed by atoms with van der Waals surface area (Å²) in [5.41, 5.74) is 1.47. The van der Waals surface area contributed by atoms with Crippen LogP contribution in [0.25, 0.3) is 11.5 Å². The summed E-state index contributed by atoms with van der Waals surface area (Å²) in [6, 6.07) is 11.2. The maximum atomic E-state index is 12.0. The maximum absolute atomic E-state index is 12.0. The summed E-state index contributed by atoms with van der Waals surface area (Å²) in [5.74, 6) is 0.641. The largest absolute Gasteiger partial charge is 0.411 e. The predicted octanol–water partition coefficient (Wildman–Crippen LogP) is 3.75. The molecule has 1 amide bonds. The Morgan fingerprint density at radius 1 is 1.20 bits per heavy atom. The van der Waals surface area contributed by atoms with Crippen LogP contribution in [0.3, 0.4) is 0 Å². The third kappa shape index (κ3) is 4.48. The Kier molecular flexibility index (Phi) is 4.89. The Morgan fingerprint density at radius 2 is 1.96 bits per heavy atom. The fourth-order valence-corrected chi connectivity index (χ4v) is 2.52. The lowest BCUT2D eigenvalue weighted by Crippen LogP contribution is -2.14. The van der Waals surface area contributed by atoms with E-state index in [1.165, 1.54) is 0 Å². The number of carbonyl (C=O) groups is 1. The molecule has 0 aliphatic rings. The van der Waals surface area contributed by atoms with Crippen LogP contribution in [0.1, 0.15) is 26.5 Å². The number of rotatable bonds is 5. The van der Waals surface area contributed by atoms with Gasteiger partial charge in [-0.3, -0.25) is 10.1 Å². The summed E-state index contributed by atoms with van der Waals surface area (Å²) in [6.45, 7) is 6.06.